The van der Waals surface area contributed by atoms with Crippen LogP contribution in [0.5, 0.6) is 0 Å². The van der Waals surface area contributed by atoms with Gasteiger partial charge < -0.3 is 5.32 Å². The summed E-state index contributed by atoms with van der Waals surface area (Å²) < 4.78 is 23.8. The van der Waals surface area contributed by atoms with E-state index in [9.17, 15) is 8.42 Å². The normalized spacial score (nSPS) is 22.0. The zero-order chi connectivity index (χ0) is 11.8. The second-order valence-electron chi connectivity index (χ2n) is 3.95. The fourth-order valence-corrected chi connectivity index (χ4v) is 4.38. The summed E-state index contributed by atoms with van der Waals surface area (Å²) >= 11 is 5.95. The Morgan fingerprint density at radius 2 is 2.25 bits per heavy atom. The molecule has 1 N–H and O–H groups in total. The van der Waals surface area contributed by atoms with Gasteiger partial charge in [0.25, 0.3) is 0 Å². The maximum Gasteiger partial charge on any atom is 0.182 e. The zero-order valence-electron chi connectivity index (χ0n) is 9.03. The van der Waals surface area contributed by atoms with Crippen LogP contribution in [0.3, 0.4) is 0 Å². The molecular weight excluding hydrogens is 246 g/mol. The maximum atomic E-state index is 11.9. The summed E-state index contributed by atoms with van der Waals surface area (Å²) in [6, 6.07) is 5.14. The van der Waals surface area contributed by atoms with Gasteiger partial charge in [0.2, 0.25) is 0 Å². The number of sulfone groups is 1. The molecule has 0 saturated carbocycles. The number of hydrogen-bond donors (Lipinski definition) is 1. The molecular formula is C11H14ClNO2S. The average Bonchev–Trinajstić information content (AvgIpc) is 2.49. The molecule has 16 heavy (non-hydrogen) atoms. The molecule has 0 amide bonds. The van der Waals surface area contributed by atoms with Crippen LogP contribution in [0.25, 0.3) is 0 Å². The van der Waals surface area contributed by atoms with E-state index < -0.39 is 9.84 Å². The Kier molecular flexibility index (Phi) is 3.24. The van der Waals surface area contributed by atoms with Crippen LogP contribution in [0.15, 0.2) is 23.1 Å². The maximum absolute atomic E-state index is 11.9. The van der Waals surface area contributed by atoms with Gasteiger partial charge >= 0.3 is 0 Å². The molecule has 3 nitrogen and oxygen atoms in total. The lowest BCUT2D eigenvalue weighted by molar-refractivity contribution is 0.564. The van der Waals surface area contributed by atoms with Crippen molar-refractivity contribution in [1.82, 2.24) is 5.32 Å². The van der Waals surface area contributed by atoms with Gasteiger partial charge in [-0.25, -0.2) is 8.42 Å². The molecule has 5 heteroatoms. The largest absolute Gasteiger partial charge is 0.309 e. The summed E-state index contributed by atoms with van der Waals surface area (Å²) in [6.45, 7) is 2.86. The number of fused-ring (bicyclic) bond motifs is 1. The molecule has 1 aromatic carbocycles. The summed E-state index contributed by atoms with van der Waals surface area (Å²) in [4.78, 5) is 0.310. The minimum Gasteiger partial charge on any atom is -0.309 e. The first-order valence-corrected chi connectivity index (χ1v) is 7.34. The van der Waals surface area contributed by atoms with Crippen molar-refractivity contribution in [2.75, 3.05) is 12.3 Å². The lowest BCUT2D eigenvalue weighted by atomic mass is 10.1. The van der Waals surface area contributed by atoms with Crippen molar-refractivity contribution in [3.05, 3.63) is 28.8 Å². The van der Waals surface area contributed by atoms with E-state index in [-0.39, 0.29) is 11.8 Å². The van der Waals surface area contributed by atoms with Crippen molar-refractivity contribution in [3.63, 3.8) is 0 Å². The third-order valence-corrected chi connectivity index (χ3v) is 4.99. The summed E-state index contributed by atoms with van der Waals surface area (Å²) in [5.74, 6) is 0.117. The van der Waals surface area contributed by atoms with Crippen LogP contribution in [0.1, 0.15) is 24.9 Å². The highest BCUT2D eigenvalue weighted by molar-refractivity contribution is 7.92. The molecule has 0 aromatic heterocycles. The van der Waals surface area contributed by atoms with Gasteiger partial charge in [0, 0.05) is 6.04 Å². The number of nitrogens with one attached hydrogen (secondary N) is 1. The van der Waals surface area contributed by atoms with E-state index in [1.807, 2.05) is 6.07 Å². The molecule has 0 aliphatic carbocycles. The molecule has 1 heterocycles. The first-order chi connectivity index (χ1) is 7.56. The van der Waals surface area contributed by atoms with Crippen LogP contribution < -0.4 is 5.32 Å². The molecule has 0 fully saturated rings. The van der Waals surface area contributed by atoms with Gasteiger partial charge in [-0.15, -0.1) is 0 Å². The number of benzene rings is 1. The van der Waals surface area contributed by atoms with Gasteiger partial charge in [-0.2, -0.15) is 0 Å². The van der Waals surface area contributed by atoms with Crippen molar-refractivity contribution < 1.29 is 8.42 Å². The average molecular weight is 260 g/mol. The highest BCUT2D eigenvalue weighted by Crippen LogP contribution is 2.37. The molecule has 1 aliphatic rings. The van der Waals surface area contributed by atoms with Gasteiger partial charge in [0.15, 0.2) is 9.84 Å². The SMILES string of the molecule is CCCNC1CS(=O)(=O)c2c(Cl)cccc21. The van der Waals surface area contributed by atoms with Gasteiger partial charge in [-0.05, 0) is 24.6 Å². The summed E-state index contributed by atoms with van der Waals surface area (Å²) in [6.07, 6.45) is 0.979. The van der Waals surface area contributed by atoms with E-state index in [0.29, 0.717) is 9.92 Å². The molecule has 1 unspecified atom stereocenters. The van der Waals surface area contributed by atoms with Crippen LogP contribution in [-0.2, 0) is 9.84 Å². The van der Waals surface area contributed by atoms with Crippen molar-refractivity contribution >= 4 is 21.4 Å². The molecule has 1 aromatic rings. The molecule has 0 bridgehead atoms. The van der Waals surface area contributed by atoms with Crippen LogP contribution in [-0.4, -0.2) is 20.7 Å². The molecule has 0 saturated heterocycles. The van der Waals surface area contributed by atoms with Gasteiger partial charge in [0.1, 0.15) is 0 Å². The van der Waals surface area contributed by atoms with E-state index in [1.165, 1.54) is 0 Å². The number of hydrogen-bond acceptors (Lipinski definition) is 3. The van der Waals surface area contributed by atoms with Crippen molar-refractivity contribution in [1.29, 1.82) is 0 Å². The Bertz CT molecular complexity index is 499. The predicted molar refractivity (Wildman–Crippen MR) is 64.5 cm³/mol. The van der Waals surface area contributed by atoms with E-state index in [2.05, 4.69) is 12.2 Å². The number of rotatable bonds is 3. The fourth-order valence-electron chi connectivity index (χ4n) is 2.01. The highest BCUT2D eigenvalue weighted by Gasteiger charge is 2.35. The lowest BCUT2D eigenvalue weighted by Gasteiger charge is -2.11. The minimum atomic E-state index is -3.21. The summed E-state index contributed by atoms with van der Waals surface area (Å²) in [7, 11) is -3.21. The van der Waals surface area contributed by atoms with E-state index >= 15 is 0 Å². The third kappa shape index (κ3) is 1.97. The second kappa shape index (κ2) is 4.35. The molecule has 1 aliphatic heterocycles. The first-order valence-electron chi connectivity index (χ1n) is 5.31. The van der Waals surface area contributed by atoms with Crippen LogP contribution in [0.2, 0.25) is 5.02 Å². The zero-order valence-corrected chi connectivity index (χ0v) is 10.6. The first kappa shape index (κ1) is 11.9. The standard InChI is InChI=1S/C11H14ClNO2S/c1-2-6-13-10-7-16(14,15)11-8(10)4-3-5-9(11)12/h3-5,10,13H,2,6-7H2,1H3. The summed E-state index contributed by atoms with van der Waals surface area (Å²) in [5, 5.41) is 3.56. The van der Waals surface area contributed by atoms with E-state index in [0.717, 1.165) is 18.5 Å². The quantitative estimate of drug-likeness (QED) is 0.905. The topological polar surface area (TPSA) is 46.2 Å². The van der Waals surface area contributed by atoms with Crippen molar-refractivity contribution in [2.45, 2.75) is 24.3 Å². The molecule has 0 radical (unpaired) electrons. The smallest absolute Gasteiger partial charge is 0.182 e. The Labute approximate surface area is 101 Å². The molecule has 2 rings (SSSR count). The van der Waals surface area contributed by atoms with Crippen molar-refractivity contribution in [2.24, 2.45) is 0 Å². The molecule has 1 atom stereocenters. The predicted octanol–water partition coefficient (Wildman–Crippen LogP) is 2.17. The molecule has 88 valence electrons. The molecule has 0 spiro atoms. The van der Waals surface area contributed by atoms with Crippen LogP contribution in [0, 0.1) is 0 Å². The second-order valence-corrected chi connectivity index (χ2v) is 6.32. The van der Waals surface area contributed by atoms with Gasteiger partial charge in [0.05, 0.1) is 15.7 Å². The van der Waals surface area contributed by atoms with E-state index in [4.69, 9.17) is 11.6 Å². The Morgan fingerprint density at radius 1 is 1.50 bits per heavy atom. The number of halogens is 1. The summed E-state index contributed by atoms with van der Waals surface area (Å²) in [5.41, 5.74) is 0.806. The minimum absolute atomic E-state index is 0.112. The third-order valence-electron chi connectivity index (χ3n) is 2.71. The highest BCUT2D eigenvalue weighted by atomic mass is 35.5. The van der Waals surface area contributed by atoms with Gasteiger partial charge in [-0.1, -0.05) is 30.7 Å². The Balaban J connectivity index is 2.43. The fraction of sp³-hybridized carbons (Fsp3) is 0.455. The Morgan fingerprint density at radius 3 is 2.94 bits per heavy atom. The monoisotopic (exact) mass is 259 g/mol. The lowest BCUT2D eigenvalue weighted by Crippen LogP contribution is -2.23. The Hall–Kier alpha value is -0.580. The van der Waals surface area contributed by atoms with Crippen molar-refractivity contribution in [3.8, 4) is 0 Å². The van der Waals surface area contributed by atoms with Crippen LogP contribution in [0.4, 0.5) is 0 Å². The van der Waals surface area contributed by atoms with E-state index in [1.54, 1.807) is 12.1 Å². The van der Waals surface area contributed by atoms with Gasteiger partial charge in [-0.3, -0.25) is 0 Å². The van der Waals surface area contributed by atoms with Crippen LogP contribution >= 0.6 is 11.6 Å².